The van der Waals surface area contributed by atoms with Crippen molar-refractivity contribution in [2.75, 3.05) is 23.4 Å². The van der Waals surface area contributed by atoms with E-state index in [1.54, 1.807) is 36.1 Å². The molecule has 0 saturated heterocycles. The molecule has 0 radical (unpaired) electrons. The number of aryl methyl sites for hydroxylation is 1. The highest BCUT2D eigenvalue weighted by Gasteiger charge is 2.20. The molecule has 0 saturated carbocycles. The molecule has 1 aliphatic rings. The lowest BCUT2D eigenvalue weighted by atomic mass is 10.0. The molecule has 3 aromatic rings. The van der Waals surface area contributed by atoms with Crippen LogP contribution in [0, 0.1) is 0 Å². The SMILES string of the molecule is CC(=O)N1CCCc2cc(NC(=O)COc3ccc(Oc4ccccc4)cc3)ccc21. The van der Waals surface area contributed by atoms with E-state index in [1.807, 2.05) is 48.5 Å². The quantitative estimate of drug-likeness (QED) is 0.627. The smallest absolute Gasteiger partial charge is 0.262 e. The number of nitrogens with zero attached hydrogens (tertiary/aromatic N) is 1. The molecular formula is C25H24N2O4. The summed E-state index contributed by atoms with van der Waals surface area (Å²) in [6, 6.07) is 22.3. The Morgan fingerprint density at radius 1 is 0.935 bits per heavy atom. The summed E-state index contributed by atoms with van der Waals surface area (Å²) in [5.74, 6) is 1.82. The van der Waals surface area contributed by atoms with Crippen LogP contribution in [0.3, 0.4) is 0 Å². The number of para-hydroxylation sites is 1. The van der Waals surface area contributed by atoms with E-state index in [9.17, 15) is 9.59 Å². The Morgan fingerprint density at radius 3 is 2.39 bits per heavy atom. The van der Waals surface area contributed by atoms with Crippen molar-refractivity contribution in [2.45, 2.75) is 19.8 Å². The van der Waals surface area contributed by atoms with Gasteiger partial charge in [0.2, 0.25) is 5.91 Å². The van der Waals surface area contributed by atoms with E-state index in [2.05, 4.69) is 5.32 Å². The van der Waals surface area contributed by atoms with Crippen LogP contribution in [-0.2, 0) is 16.0 Å². The van der Waals surface area contributed by atoms with E-state index in [0.29, 0.717) is 17.2 Å². The number of hydrogen-bond acceptors (Lipinski definition) is 4. The highest BCUT2D eigenvalue weighted by atomic mass is 16.5. The molecule has 0 fully saturated rings. The van der Waals surface area contributed by atoms with Crippen molar-refractivity contribution < 1.29 is 19.1 Å². The zero-order valence-electron chi connectivity index (χ0n) is 17.3. The summed E-state index contributed by atoms with van der Waals surface area (Å²) < 4.78 is 11.3. The molecule has 1 aliphatic heterocycles. The van der Waals surface area contributed by atoms with Gasteiger partial charge in [-0.15, -0.1) is 0 Å². The molecule has 1 heterocycles. The highest BCUT2D eigenvalue weighted by Crippen LogP contribution is 2.30. The molecule has 0 bridgehead atoms. The summed E-state index contributed by atoms with van der Waals surface area (Å²) in [5, 5.41) is 2.86. The standard InChI is InChI=1S/C25H24N2O4/c1-18(28)27-15-5-6-19-16-20(9-14-24(19)27)26-25(29)17-30-21-10-12-23(13-11-21)31-22-7-3-2-4-8-22/h2-4,7-14,16H,5-6,15,17H2,1H3,(H,26,29). The topological polar surface area (TPSA) is 67.9 Å². The minimum atomic E-state index is -0.246. The van der Waals surface area contributed by atoms with Gasteiger partial charge in [0, 0.05) is 24.8 Å². The molecule has 0 aliphatic carbocycles. The van der Waals surface area contributed by atoms with Gasteiger partial charge >= 0.3 is 0 Å². The van der Waals surface area contributed by atoms with Gasteiger partial charge in [0.15, 0.2) is 6.61 Å². The van der Waals surface area contributed by atoms with Gasteiger partial charge in [-0.2, -0.15) is 0 Å². The summed E-state index contributed by atoms with van der Waals surface area (Å²) in [5.41, 5.74) is 2.68. The maximum Gasteiger partial charge on any atom is 0.262 e. The predicted octanol–water partition coefficient (Wildman–Crippen LogP) is 4.80. The van der Waals surface area contributed by atoms with Gasteiger partial charge in [-0.1, -0.05) is 18.2 Å². The number of nitrogens with one attached hydrogen (secondary N) is 1. The average Bonchev–Trinajstić information content (AvgIpc) is 2.78. The number of benzene rings is 3. The molecule has 2 amide bonds. The van der Waals surface area contributed by atoms with Crippen LogP contribution in [0.4, 0.5) is 11.4 Å². The summed E-state index contributed by atoms with van der Waals surface area (Å²) in [6.07, 6.45) is 1.80. The molecule has 0 unspecified atom stereocenters. The third kappa shape index (κ3) is 5.22. The number of carbonyl (C=O) groups excluding carboxylic acids is 2. The molecule has 4 rings (SSSR count). The van der Waals surface area contributed by atoms with Gasteiger partial charge in [-0.05, 0) is 73.0 Å². The van der Waals surface area contributed by atoms with Crippen LogP contribution >= 0.6 is 0 Å². The first-order chi connectivity index (χ1) is 15.1. The monoisotopic (exact) mass is 416 g/mol. The fourth-order valence-corrected chi connectivity index (χ4v) is 3.58. The molecule has 1 N–H and O–H groups in total. The minimum absolute atomic E-state index is 0.0336. The maximum absolute atomic E-state index is 12.3. The third-order valence-electron chi connectivity index (χ3n) is 5.03. The third-order valence-corrected chi connectivity index (χ3v) is 5.03. The number of hydrogen-bond donors (Lipinski definition) is 1. The fourth-order valence-electron chi connectivity index (χ4n) is 3.58. The molecule has 6 heteroatoms. The number of ether oxygens (including phenoxy) is 2. The molecule has 0 atom stereocenters. The van der Waals surface area contributed by atoms with Gasteiger partial charge in [0.25, 0.3) is 5.91 Å². The van der Waals surface area contributed by atoms with Crippen molar-refractivity contribution in [2.24, 2.45) is 0 Å². The van der Waals surface area contributed by atoms with Crippen LogP contribution in [0.15, 0.2) is 72.8 Å². The summed E-state index contributed by atoms with van der Waals surface area (Å²) in [4.78, 5) is 25.9. The van der Waals surface area contributed by atoms with Crippen LogP contribution in [0.1, 0.15) is 18.9 Å². The van der Waals surface area contributed by atoms with Crippen molar-refractivity contribution in [3.8, 4) is 17.2 Å². The van der Waals surface area contributed by atoms with E-state index >= 15 is 0 Å². The van der Waals surface area contributed by atoms with E-state index in [4.69, 9.17) is 9.47 Å². The number of carbonyl (C=O) groups is 2. The summed E-state index contributed by atoms with van der Waals surface area (Å²) in [7, 11) is 0. The van der Waals surface area contributed by atoms with Crippen LogP contribution in [0.25, 0.3) is 0 Å². The van der Waals surface area contributed by atoms with Gasteiger partial charge in [-0.3, -0.25) is 9.59 Å². The van der Waals surface area contributed by atoms with Gasteiger partial charge in [0.05, 0.1) is 0 Å². The Bertz CT molecular complexity index is 1060. The lowest BCUT2D eigenvalue weighted by Crippen LogP contribution is -2.33. The van der Waals surface area contributed by atoms with Crippen molar-refractivity contribution in [1.29, 1.82) is 0 Å². The lowest BCUT2D eigenvalue weighted by molar-refractivity contribution is -0.118. The summed E-state index contributed by atoms with van der Waals surface area (Å²) >= 11 is 0. The van der Waals surface area contributed by atoms with Crippen molar-refractivity contribution in [1.82, 2.24) is 0 Å². The fraction of sp³-hybridized carbons (Fsp3) is 0.200. The molecule has 0 aromatic heterocycles. The molecule has 158 valence electrons. The van der Waals surface area contributed by atoms with Gasteiger partial charge in [-0.25, -0.2) is 0 Å². The van der Waals surface area contributed by atoms with Crippen LogP contribution < -0.4 is 19.7 Å². The Labute approximate surface area is 181 Å². The first-order valence-corrected chi connectivity index (χ1v) is 10.2. The Kier molecular flexibility index (Phi) is 6.17. The predicted molar refractivity (Wildman–Crippen MR) is 120 cm³/mol. The average molecular weight is 416 g/mol. The minimum Gasteiger partial charge on any atom is -0.484 e. The van der Waals surface area contributed by atoms with E-state index in [0.717, 1.165) is 36.4 Å². The molecule has 3 aromatic carbocycles. The normalized spacial score (nSPS) is 12.6. The number of rotatable bonds is 6. The second-order valence-corrected chi connectivity index (χ2v) is 7.34. The summed E-state index contributed by atoms with van der Waals surface area (Å²) in [6.45, 7) is 2.20. The molecule has 6 nitrogen and oxygen atoms in total. The second-order valence-electron chi connectivity index (χ2n) is 7.34. The van der Waals surface area contributed by atoms with E-state index in [-0.39, 0.29) is 18.4 Å². The van der Waals surface area contributed by atoms with E-state index in [1.165, 1.54) is 0 Å². The first kappa shape index (κ1) is 20.5. The zero-order valence-corrected chi connectivity index (χ0v) is 17.3. The van der Waals surface area contributed by atoms with E-state index < -0.39 is 0 Å². The van der Waals surface area contributed by atoms with Crippen LogP contribution in [0.5, 0.6) is 17.2 Å². The first-order valence-electron chi connectivity index (χ1n) is 10.2. The van der Waals surface area contributed by atoms with Crippen molar-refractivity contribution in [3.63, 3.8) is 0 Å². The molecule has 0 spiro atoms. The number of fused-ring (bicyclic) bond motifs is 1. The van der Waals surface area contributed by atoms with Crippen LogP contribution in [0.2, 0.25) is 0 Å². The van der Waals surface area contributed by atoms with Crippen molar-refractivity contribution >= 4 is 23.2 Å². The Balaban J connectivity index is 1.31. The van der Waals surface area contributed by atoms with Crippen molar-refractivity contribution in [3.05, 3.63) is 78.4 Å². The van der Waals surface area contributed by atoms with Gasteiger partial charge < -0.3 is 19.7 Å². The number of anilines is 2. The largest absolute Gasteiger partial charge is 0.484 e. The zero-order chi connectivity index (χ0) is 21.6. The lowest BCUT2D eigenvalue weighted by Gasteiger charge is -2.29. The van der Waals surface area contributed by atoms with Crippen LogP contribution in [-0.4, -0.2) is 25.0 Å². The van der Waals surface area contributed by atoms with Gasteiger partial charge in [0.1, 0.15) is 17.2 Å². The highest BCUT2D eigenvalue weighted by molar-refractivity contribution is 5.95. The molecule has 31 heavy (non-hydrogen) atoms. The maximum atomic E-state index is 12.3. The Morgan fingerprint density at radius 2 is 1.65 bits per heavy atom. The molecular weight excluding hydrogens is 392 g/mol. The Hall–Kier alpha value is -3.80. The second kappa shape index (κ2) is 9.34. The number of amides is 2.